The van der Waals surface area contributed by atoms with Crippen LogP contribution in [0.1, 0.15) is 53.1 Å². The van der Waals surface area contributed by atoms with E-state index in [1.165, 1.54) is 18.2 Å². The Balaban J connectivity index is 1.82. The maximum Gasteiger partial charge on any atom is 0.417 e. The highest BCUT2D eigenvalue weighted by Gasteiger charge is 2.36. The third-order valence-corrected chi connectivity index (χ3v) is 5.11. The number of hydrogen-bond donors (Lipinski definition) is 1. The number of hydrogen-bond acceptors (Lipinski definition) is 1. The Hall–Kier alpha value is -2.01. The van der Waals surface area contributed by atoms with Crippen LogP contribution in [0.4, 0.5) is 13.2 Å². The first-order valence-corrected chi connectivity index (χ1v) is 8.96. The van der Waals surface area contributed by atoms with Crippen LogP contribution in [0.15, 0.2) is 48.5 Å². The van der Waals surface area contributed by atoms with Crippen molar-refractivity contribution in [2.24, 2.45) is 0 Å². The summed E-state index contributed by atoms with van der Waals surface area (Å²) in [5, 5.41) is 3.47. The van der Waals surface area contributed by atoms with Gasteiger partial charge in [0.15, 0.2) is 0 Å². The smallest absolute Gasteiger partial charge is 0.349 e. The van der Waals surface area contributed by atoms with E-state index in [1.54, 1.807) is 12.1 Å². The van der Waals surface area contributed by atoms with Crippen LogP contribution < -0.4 is 5.32 Å². The summed E-state index contributed by atoms with van der Waals surface area (Å²) >= 11 is 5.94. The highest BCUT2D eigenvalue weighted by Crippen LogP contribution is 2.35. The van der Waals surface area contributed by atoms with Gasteiger partial charge in [0.05, 0.1) is 11.1 Å². The summed E-state index contributed by atoms with van der Waals surface area (Å²) in [6.45, 7) is 0. The second-order valence-electron chi connectivity index (χ2n) is 6.57. The van der Waals surface area contributed by atoms with Crippen LogP contribution in [0, 0.1) is 0 Å². The molecule has 0 saturated heterocycles. The zero-order valence-electron chi connectivity index (χ0n) is 14.0. The Bertz CT molecular complexity index is 773. The molecule has 2 aromatic carbocycles. The standard InChI is InChI=1S/C20H19ClF3NO/c21-14-11-9-13(10-12-14)15-5-2-4-8-18(15)25-19(26)16-6-1-3-7-17(16)20(22,23)24/h1,3,6-7,9-12,15,18H,2,4-5,8H2,(H,25,26)/t15-,18-/m0/s1. The fourth-order valence-corrected chi connectivity index (χ4v) is 3.71. The molecule has 1 aliphatic carbocycles. The van der Waals surface area contributed by atoms with E-state index in [0.717, 1.165) is 37.3 Å². The van der Waals surface area contributed by atoms with Gasteiger partial charge in [0, 0.05) is 17.0 Å². The first-order chi connectivity index (χ1) is 12.4. The van der Waals surface area contributed by atoms with Crippen molar-refractivity contribution in [3.63, 3.8) is 0 Å². The molecule has 0 aliphatic heterocycles. The van der Waals surface area contributed by atoms with Gasteiger partial charge in [0.2, 0.25) is 0 Å². The molecule has 1 aliphatic rings. The van der Waals surface area contributed by atoms with Crippen molar-refractivity contribution in [2.45, 2.75) is 43.8 Å². The number of benzene rings is 2. The second kappa shape index (κ2) is 7.70. The Labute approximate surface area is 155 Å². The summed E-state index contributed by atoms with van der Waals surface area (Å²) in [6.07, 6.45) is -0.967. The van der Waals surface area contributed by atoms with Crippen molar-refractivity contribution in [3.05, 3.63) is 70.2 Å². The van der Waals surface area contributed by atoms with E-state index in [-0.39, 0.29) is 17.5 Å². The lowest BCUT2D eigenvalue weighted by molar-refractivity contribution is -0.137. The summed E-state index contributed by atoms with van der Waals surface area (Å²) < 4.78 is 39.5. The molecule has 1 amide bonds. The summed E-state index contributed by atoms with van der Waals surface area (Å²) in [6, 6.07) is 12.1. The van der Waals surface area contributed by atoms with Crippen LogP contribution in [-0.2, 0) is 6.18 Å². The normalized spacial score (nSPS) is 20.6. The molecule has 2 aromatic rings. The van der Waals surface area contributed by atoms with Crippen LogP contribution in [-0.4, -0.2) is 11.9 Å². The molecular weight excluding hydrogens is 363 g/mol. The maximum absolute atomic E-state index is 13.2. The number of carbonyl (C=O) groups excluding carboxylic acids is 1. The molecule has 0 bridgehead atoms. The third kappa shape index (κ3) is 4.21. The Morgan fingerprint density at radius 2 is 1.65 bits per heavy atom. The third-order valence-electron chi connectivity index (χ3n) is 4.86. The molecule has 2 atom stereocenters. The highest BCUT2D eigenvalue weighted by atomic mass is 35.5. The molecule has 1 saturated carbocycles. The van der Waals surface area contributed by atoms with Crippen LogP contribution in [0.5, 0.6) is 0 Å². The lowest BCUT2D eigenvalue weighted by atomic mass is 9.80. The average molecular weight is 382 g/mol. The number of carbonyl (C=O) groups is 1. The summed E-state index contributed by atoms with van der Waals surface area (Å²) in [5.74, 6) is -0.605. The van der Waals surface area contributed by atoms with Gasteiger partial charge in [-0.25, -0.2) is 0 Å². The van der Waals surface area contributed by atoms with Gasteiger partial charge in [0.25, 0.3) is 5.91 Å². The van der Waals surface area contributed by atoms with Crippen molar-refractivity contribution < 1.29 is 18.0 Å². The Kier molecular flexibility index (Phi) is 5.56. The van der Waals surface area contributed by atoms with E-state index in [1.807, 2.05) is 12.1 Å². The average Bonchev–Trinajstić information content (AvgIpc) is 2.62. The Morgan fingerprint density at radius 3 is 2.35 bits per heavy atom. The number of rotatable bonds is 3. The van der Waals surface area contributed by atoms with Crippen molar-refractivity contribution in [1.82, 2.24) is 5.32 Å². The van der Waals surface area contributed by atoms with E-state index in [2.05, 4.69) is 5.32 Å². The second-order valence-corrected chi connectivity index (χ2v) is 7.00. The van der Waals surface area contributed by atoms with Crippen molar-refractivity contribution in [3.8, 4) is 0 Å². The van der Waals surface area contributed by atoms with Crippen molar-refractivity contribution >= 4 is 17.5 Å². The van der Waals surface area contributed by atoms with Gasteiger partial charge in [-0.2, -0.15) is 13.2 Å². The van der Waals surface area contributed by atoms with Gasteiger partial charge in [-0.3, -0.25) is 4.79 Å². The van der Waals surface area contributed by atoms with Crippen molar-refractivity contribution in [1.29, 1.82) is 0 Å². The first kappa shape index (κ1) is 18.8. The molecule has 1 fully saturated rings. The van der Waals surface area contributed by atoms with E-state index >= 15 is 0 Å². The molecule has 0 radical (unpaired) electrons. The summed E-state index contributed by atoms with van der Waals surface area (Å²) in [4.78, 5) is 12.6. The zero-order valence-corrected chi connectivity index (χ0v) is 14.8. The van der Waals surface area contributed by atoms with Gasteiger partial charge >= 0.3 is 6.18 Å². The predicted octanol–water partition coefficient (Wildman–Crippen LogP) is 5.82. The quantitative estimate of drug-likeness (QED) is 0.713. The summed E-state index contributed by atoms with van der Waals surface area (Å²) in [7, 11) is 0. The minimum Gasteiger partial charge on any atom is -0.349 e. The molecule has 6 heteroatoms. The van der Waals surface area contributed by atoms with Crippen LogP contribution in [0.3, 0.4) is 0 Å². The maximum atomic E-state index is 13.2. The monoisotopic (exact) mass is 381 g/mol. The molecule has 0 aromatic heterocycles. The van der Waals surface area contributed by atoms with E-state index in [0.29, 0.717) is 5.02 Å². The van der Waals surface area contributed by atoms with Crippen LogP contribution in [0.25, 0.3) is 0 Å². The fraction of sp³-hybridized carbons (Fsp3) is 0.350. The van der Waals surface area contributed by atoms with Crippen LogP contribution >= 0.6 is 11.6 Å². The SMILES string of the molecule is O=C(N[C@H]1CCCC[C@H]1c1ccc(Cl)cc1)c1ccccc1C(F)(F)F. The van der Waals surface area contributed by atoms with Gasteiger partial charge in [-0.05, 0) is 42.7 Å². The van der Waals surface area contributed by atoms with Crippen LogP contribution in [0.2, 0.25) is 5.02 Å². The molecule has 0 unspecified atom stereocenters. The minimum absolute atomic E-state index is 0.0722. The van der Waals surface area contributed by atoms with Gasteiger partial charge in [-0.15, -0.1) is 0 Å². The zero-order chi connectivity index (χ0) is 18.7. The lowest BCUT2D eigenvalue weighted by Crippen LogP contribution is -2.41. The Morgan fingerprint density at radius 1 is 1.00 bits per heavy atom. The van der Waals surface area contributed by atoms with Gasteiger partial charge in [-0.1, -0.05) is 48.7 Å². The largest absolute Gasteiger partial charge is 0.417 e. The van der Waals surface area contributed by atoms with E-state index in [4.69, 9.17) is 11.6 Å². The van der Waals surface area contributed by atoms with Gasteiger partial charge in [0.1, 0.15) is 0 Å². The molecule has 1 N–H and O–H groups in total. The highest BCUT2D eigenvalue weighted by molar-refractivity contribution is 6.30. The molecule has 0 heterocycles. The molecule has 0 spiro atoms. The lowest BCUT2D eigenvalue weighted by Gasteiger charge is -2.33. The minimum atomic E-state index is -4.56. The fourth-order valence-electron chi connectivity index (χ4n) is 3.59. The van der Waals surface area contributed by atoms with E-state index in [9.17, 15) is 18.0 Å². The number of amides is 1. The molecule has 3 rings (SSSR count). The molecular formula is C20H19ClF3NO. The molecule has 138 valence electrons. The number of alkyl halides is 3. The molecule has 2 nitrogen and oxygen atoms in total. The first-order valence-electron chi connectivity index (χ1n) is 8.59. The van der Waals surface area contributed by atoms with E-state index < -0.39 is 17.6 Å². The predicted molar refractivity (Wildman–Crippen MR) is 95.4 cm³/mol. The van der Waals surface area contributed by atoms with Gasteiger partial charge < -0.3 is 5.32 Å². The number of halogens is 4. The number of nitrogens with one attached hydrogen (secondary N) is 1. The summed E-state index contributed by atoms with van der Waals surface area (Å²) in [5.41, 5.74) is -0.194. The molecule has 26 heavy (non-hydrogen) atoms. The topological polar surface area (TPSA) is 29.1 Å². The van der Waals surface area contributed by atoms with Crippen molar-refractivity contribution in [2.75, 3.05) is 0 Å².